The van der Waals surface area contributed by atoms with Crippen LogP contribution in [0.5, 0.6) is 0 Å². The van der Waals surface area contributed by atoms with E-state index in [2.05, 4.69) is 25.6 Å². The highest BCUT2D eigenvalue weighted by atomic mass is 19.1. The SMILES string of the molecule is CC(C)NC(=O)C1(C)COC(c2nc(-c3ccc(F)cc3)c(-c3ccnc(NCC4CC4)n3)[nH]2)OC1. The van der Waals surface area contributed by atoms with Crippen LogP contribution in [0.4, 0.5) is 10.3 Å². The van der Waals surface area contributed by atoms with Crippen LogP contribution in [0.25, 0.3) is 22.6 Å². The number of ether oxygens (including phenoxy) is 2. The second-order valence-corrected chi connectivity index (χ2v) is 10.1. The van der Waals surface area contributed by atoms with Gasteiger partial charge in [0.05, 0.1) is 35.7 Å². The van der Waals surface area contributed by atoms with E-state index >= 15 is 0 Å². The Labute approximate surface area is 209 Å². The minimum Gasteiger partial charge on any atom is -0.354 e. The number of nitrogens with zero attached hydrogens (tertiary/aromatic N) is 3. The average Bonchev–Trinajstić information content (AvgIpc) is 3.60. The van der Waals surface area contributed by atoms with Crippen molar-refractivity contribution in [1.29, 1.82) is 0 Å². The molecule has 3 heterocycles. The second kappa shape index (κ2) is 9.94. The summed E-state index contributed by atoms with van der Waals surface area (Å²) in [5.41, 5.74) is 1.79. The van der Waals surface area contributed by atoms with Crippen molar-refractivity contribution in [2.75, 3.05) is 25.1 Å². The summed E-state index contributed by atoms with van der Waals surface area (Å²) < 4.78 is 25.5. The van der Waals surface area contributed by atoms with E-state index in [1.54, 1.807) is 24.4 Å². The molecule has 36 heavy (non-hydrogen) atoms. The van der Waals surface area contributed by atoms with Crippen LogP contribution >= 0.6 is 0 Å². The maximum absolute atomic E-state index is 13.6. The summed E-state index contributed by atoms with van der Waals surface area (Å²) in [7, 11) is 0. The van der Waals surface area contributed by atoms with Crippen LogP contribution in [-0.4, -0.2) is 51.6 Å². The Balaban J connectivity index is 1.42. The standard InChI is InChI=1S/C26H31FN6O3/c1-15(2)30-24(34)26(3)13-35-23(36-14-26)22-32-20(17-6-8-18(27)9-7-17)21(33-22)19-10-11-28-25(31-19)29-12-16-4-5-16/h6-11,15-16,23H,4-5,12-14H2,1-3H3,(H,30,34)(H,32,33)(H,28,29,31). The first-order valence-electron chi connectivity index (χ1n) is 12.3. The van der Waals surface area contributed by atoms with Gasteiger partial charge in [0.2, 0.25) is 18.1 Å². The molecule has 1 saturated carbocycles. The highest BCUT2D eigenvalue weighted by molar-refractivity contribution is 5.83. The Morgan fingerprint density at radius 2 is 1.89 bits per heavy atom. The molecule has 1 amide bonds. The second-order valence-electron chi connectivity index (χ2n) is 10.1. The number of aromatic nitrogens is 4. The molecule has 0 radical (unpaired) electrons. The van der Waals surface area contributed by atoms with Crippen molar-refractivity contribution in [1.82, 2.24) is 25.3 Å². The Bertz CT molecular complexity index is 1220. The lowest BCUT2D eigenvalue weighted by Gasteiger charge is -2.35. The predicted molar refractivity (Wildman–Crippen MR) is 132 cm³/mol. The number of nitrogens with one attached hydrogen (secondary N) is 3. The van der Waals surface area contributed by atoms with Gasteiger partial charge >= 0.3 is 0 Å². The van der Waals surface area contributed by atoms with Crippen LogP contribution in [0.3, 0.4) is 0 Å². The van der Waals surface area contributed by atoms with Crippen LogP contribution in [0.2, 0.25) is 0 Å². The van der Waals surface area contributed by atoms with Gasteiger partial charge in [-0.25, -0.2) is 19.3 Å². The zero-order chi connectivity index (χ0) is 25.3. The van der Waals surface area contributed by atoms with Crippen molar-refractivity contribution < 1.29 is 18.7 Å². The third-order valence-corrected chi connectivity index (χ3v) is 6.30. The molecule has 0 atom stereocenters. The summed E-state index contributed by atoms with van der Waals surface area (Å²) >= 11 is 0. The minimum absolute atomic E-state index is 0.0227. The lowest BCUT2D eigenvalue weighted by atomic mass is 9.90. The number of H-pyrrole nitrogens is 1. The van der Waals surface area contributed by atoms with E-state index in [-0.39, 0.29) is 31.0 Å². The molecule has 2 fully saturated rings. The molecule has 9 nitrogen and oxygen atoms in total. The quantitative estimate of drug-likeness (QED) is 0.433. The Hall–Kier alpha value is -3.37. The molecule has 10 heteroatoms. The number of hydrogen-bond donors (Lipinski definition) is 3. The van der Waals surface area contributed by atoms with Gasteiger partial charge in [-0.3, -0.25) is 4.79 Å². The largest absolute Gasteiger partial charge is 0.354 e. The molecular weight excluding hydrogens is 463 g/mol. The summed E-state index contributed by atoms with van der Waals surface area (Å²) in [4.78, 5) is 29.7. The predicted octanol–water partition coefficient (Wildman–Crippen LogP) is 4.07. The van der Waals surface area contributed by atoms with E-state index in [1.165, 1.54) is 25.0 Å². The van der Waals surface area contributed by atoms with Gasteiger partial charge in [0, 0.05) is 24.3 Å². The highest BCUT2D eigenvalue weighted by Crippen LogP contribution is 2.36. The number of carbonyl (C=O) groups is 1. The highest BCUT2D eigenvalue weighted by Gasteiger charge is 2.41. The summed E-state index contributed by atoms with van der Waals surface area (Å²) in [6.07, 6.45) is 3.36. The molecule has 1 aliphatic heterocycles. The van der Waals surface area contributed by atoms with Gasteiger partial charge in [-0.05, 0) is 69.9 Å². The maximum Gasteiger partial charge on any atom is 0.230 e. The number of hydrogen-bond acceptors (Lipinski definition) is 7. The first-order chi connectivity index (χ1) is 17.3. The van der Waals surface area contributed by atoms with Gasteiger partial charge in [0.25, 0.3) is 0 Å². The van der Waals surface area contributed by atoms with Crippen LogP contribution < -0.4 is 10.6 Å². The topological polar surface area (TPSA) is 114 Å². The molecule has 1 aliphatic carbocycles. The van der Waals surface area contributed by atoms with Crippen molar-refractivity contribution >= 4 is 11.9 Å². The number of halogens is 1. The van der Waals surface area contributed by atoms with Gasteiger partial charge in [0.15, 0.2) is 5.82 Å². The summed E-state index contributed by atoms with van der Waals surface area (Å²) in [6, 6.07) is 7.94. The zero-order valence-corrected chi connectivity index (χ0v) is 20.7. The van der Waals surface area contributed by atoms with E-state index in [4.69, 9.17) is 14.5 Å². The summed E-state index contributed by atoms with van der Waals surface area (Å²) in [6.45, 7) is 6.85. The van der Waals surface area contributed by atoms with Gasteiger partial charge in [-0.15, -0.1) is 0 Å². The van der Waals surface area contributed by atoms with E-state index < -0.39 is 11.7 Å². The number of aromatic amines is 1. The van der Waals surface area contributed by atoms with Crippen molar-refractivity contribution in [2.45, 2.75) is 45.9 Å². The Morgan fingerprint density at radius 3 is 2.56 bits per heavy atom. The van der Waals surface area contributed by atoms with Gasteiger partial charge in [-0.2, -0.15) is 0 Å². The summed E-state index contributed by atoms with van der Waals surface area (Å²) in [5.74, 6) is 1.22. The van der Waals surface area contributed by atoms with Crippen molar-refractivity contribution in [2.24, 2.45) is 11.3 Å². The molecule has 0 spiro atoms. The number of amides is 1. The number of rotatable bonds is 8. The fraction of sp³-hybridized carbons (Fsp3) is 0.462. The molecule has 1 saturated heterocycles. The molecule has 3 N–H and O–H groups in total. The lowest BCUT2D eigenvalue weighted by Crippen LogP contribution is -2.50. The number of benzene rings is 1. The van der Waals surface area contributed by atoms with Crippen LogP contribution in [0.1, 0.15) is 45.7 Å². The van der Waals surface area contributed by atoms with Crippen molar-refractivity contribution in [3.8, 4) is 22.6 Å². The molecule has 190 valence electrons. The van der Waals surface area contributed by atoms with Crippen LogP contribution in [0.15, 0.2) is 36.5 Å². The van der Waals surface area contributed by atoms with E-state index in [1.807, 2.05) is 20.8 Å². The molecule has 0 unspecified atom stereocenters. The summed E-state index contributed by atoms with van der Waals surface area (Å²) in [5, 5.41) is 6.21. The lowest BCUT2D eigenvalue weighted by molar-refractivity contribution is -0.231. The molecular formula is C26H31FN6O3. The smallest absolute Gasteiger partial charge is 0.230 e. The number of carbonyl (C=O) groups excluding carboxylic acids is 1. The van der Waals surface area contributed by atoms with Crippen LogP contribution in [0, 0.1) is 17.2 Å². The maximum atomic E-state index is 13.6. The molecule has 2 aliphatic rings. The third kappa shape index (κ3) is 5.39. The van der Waals surface area contributed by atoms with Gasteiger partial charge in [-0.1, -0.05) is 0 Å². The fourth-order valence-electron chi connectivity index (χ4n) is 3.98. The Morgan fingerprint density at radius 1 is 1.17 bits per heavy atom. The third-order valence-electron chi connectivity index (χ3n) is 6.30. The molecule has 3 aromatic rings. The van der Waals surface area contributed by atoms with E-state index in [0.717, 1.165) is 12.1 Å². The zero-order valence-electron chi connectivity index (χ0n) is 20.7. The molecule has 1 aromatic carbocycles. The van der Waals surface area contributed by atoms with Gasteiger partial charge in [0.1, 0.15) is 5.82 Å². The Kier molecular flexibility index (Phi) is 6.72. The van der Waals surface area contributed by atoms with Crippen molar-refractivity contribution in [3.05, 3.63) is 48.2 Å². The van der Waals surface area contributed by atoms with Crippen molar-refractivity contribution in [3.63, 3.8) is 0 Å². The van der Waals surface area contributed by atoms with Gasteiger partial charge < -0.3 is 25.1 Å². The van der Waals surface area contributed by atoms with E-state index in [0.29, 0.717) is 34.8 Å². The number of imidazole rings is 1. The molecule has 0 bridgehead atoms. The molecule has 5 rings (SSSR count). The normalized spacial score (nSPS) is 22.0. The average molecular weight is 495 g/mol. The van der Waals surface area contributed by atoms with E-state index in [9.17, 15) is 9.18 Å². The first-order valence-corrected chi connectivity index (χ1v) is 12.3. The molecule has 2 aromatic heterocycles. The fourth-order valence-corrected chi connectivity index (χ4v) is 3.98. The van der Waals surface area contributed by atoms with Crippen LogP contribution in [-0.2, 0) is 14.3 Å². The minimum atomic E-state index is -0.801. The first kappa shape index (κ1) is 24.3. The monoisotopic (exact) mass is 494 g/mol. The number of anilines is 1.